The minimum absolute atomic E-state index is 0.0636. The summed E-state index contributed by atoms with van der Waals surface area (Å²) in [6.45, 7) is 6.20. The van der Waals surface area contributed by atoms with Crippen LogP contribution in [-0.4, -0.2) is 16.0 Å². The van der Waals surface area contributed by atoms with E-state index in [0.29, 0.717) is 18.3 Å². The molecule has 0 saturated heterocycles. The van der Waals surface area contributed by atoms with Crippen LogP contribution in [0.25, 0.3) is 0 Å². The van der Waals surface area contributed by atoms with Crippen LogP contribution in [0.3, 0.4) is 0 Å². The van der Waals surface area contributed by atoms with E-state index in [2.05, 4.69) is 20.8 Å². The highest BCUT2D eigenvalue weighted by Gasteiger charge is 2.40. The Labute approximate surface area is 74.6 Å². The highest BCUT2D eigenvalue weighted by molar-refractivity contribution is 4.85. The van der Waals surface area contributed by atoms with Crippen molar-refractivity contribution in [3.63, 3.8) is 0 Å². The lowest BCUT2D eigenvalue weighted by molar-refractivity contribution is -0.234. The molecule has 2 atom stereocenters. The molecule has 0 aromatic carbocycles. The molecule has 2 nitrogen and oxygen atoms in total. The fourth-order valence-corrected chi connectivity index (χ4v) is 2.33. The van der Waals surface area contributed by atoms with Crippen molar-refractivity contribution < 1.29 is 10.2 Å². The number of hydrogen-bond acceptors (Lipinski definition) is 2. The van der Waals surface area contributed by atoms with Crippen molar-refractivity contribution in [1.82, 2.24) is 0 Å². The predicted octanol–water partition coefficient (Wildman–Crippen LogP) is 1.76. The molecule has 1 saturated carbocycles. The average molecular weight is 172 g/mol. The van der Waals surface area contributed by atoms with Gasteiger partial charge in [-0.15, -0.1) is 0 Å². The highest BCUT2D eigenvalue weighted by Crippen LogP contribution is 2.39. The van der Waals surface area contributed by atoms with Gasteiger partial charge in [0.1, 0.15) is 0 Å². The largest absolute Gasteiger partial charge is 0.365 e. The van der Waals surface area contributed by atoms with E-state index in [9.17, 15) is 10.2 Å². The van der Waals surface area contributed by atoms with Crippen LogP contribution >= 0.6 is 0 Å². The molecule has 2 heteroatoms. The standard InChI is InChI=1S/C10H20O2/c1-7(2)9-5-4-8(3)6-10(9,11)12/h7-9,11-12H,4-6H2,1-3H3/t8-,9+/m1/s1. The smallest absolute Gasteiger partial charge is 0.165 e. The van der Waals surface area contributed by atoms with Gasteiger partial charge in [0.15, 0.2) is 5.79 Å². The van der Waals surface area contributed by atoms with Gasteiger partial charge in [0.2, 0.25) is 0 Å². The minimum atomic E-state index is -1.41. The maximum atomic E-state index is 9.73. The van der Waals surface area contributed by atoms with Crippen molar-refractivity contribution in [3.05, 3.63) is 0 Å². The lowest BCUT2D eigenvalue weighted by Crippen LogP contribution is -2.45. The molecular weight excluding hydrogens is 152 g/mol. The summed E-state index contributed by atoms with van der Waals surface area (Å²) in [5.74, 6) is -0.526. The summed E-state index contributed by atoms with van der Waals surface area (Å²) in [7, 11) is 0. The predicted molar refractivity (Wildman–Crippen MR) is 48.5 cm³/mol. The maximum Gasteiger partial charge on any atom is 0.165 e. The summed E-state index contributed by atoms with van der Waals surface area (Å²) in [6, 6.07) is 0. The Morgan fingerprint density at radius 1 is 1.25 bits per heavy atom. The molecule has 1 aliphatic carbocycles. The monoisotopic (exact) mass is 172 g/mol. The number of hydrogen-bond donors (Lipinski definition) is 2. The van der Waals surface area contributed by atoms with Crippen molar-refractivity contribution in [2.75, 3.05) is 0 Å². The fourth-order valence-electron chi connectivity index (χ4n) is 2.33. The van der Waals surface area contributed by atoms with Crippen LogP contribution in [0.15, 0.2) is 0 Å². The van der Waals surface area contributed by atoms with Crippen LogP contribution in [0, 0.1) is 17.8 Å². The van der Waals surface area contributed by atoms with Crippen molar-refractivity contribution in [2.45, 2.75) is 45.8 Å². The van der Waals surface area contributed by atoms with Crippen molar-refractivity contribution in [1.29, 1.82) is 0 Å². The van der Waals surface area contributed by atoms with Crippen LogP contribution in [0.5, 0.6) is 0 Å². The van der Waals surface area contributed by atoms with Gasteiger partial charge in [0.25, 0.3) is 0 Å². The Morgan fingerprint density at radius 3 is 2.25 bits per heavy atom. The third-order valence-electron chi connectivity index (χ3n) is 3.02. The van der Waals surface area contributed by atoms with Gasteiger partial charge in [-0.05, 0) is 18.3 Å². The van der Waals surface area contributed by atoms with Gasteiger partial charge in [-0.2, -0.15) is 0 Å². The van der Waals surface area contributed by atoms with E-state index in [-0.39, 0.29) is 5.92 Å². The molecule has 2 N–H and O–H groups in total. The topological polar surface area (TPSA) is 40.5 Å². The van der Waals surface area contributed by atoms with Crippen molar-refractivity contribution in [3.8, 4) is 0 Å². The van der Waals surface area contributed by atoms with Gasteiger partial charge in [-0.1, -0.05) is 27.2 Å². The number of rotatable bonds is 1. The Kier molecular flexibility index (Phi) is 2.79. The van der Waals surface area contributed by atoms with Crippen molar-refractivity contribution in [2.24, 2.45) is 17.8 Å². The first-order valence-corrected chi connectivity index (χ1v) is 4.88. The Morgan fingerprint density at radius 2 is 1.83 bits per heavy atom. The molecule has 1 aliphatic rings. The van der Waals surface area contributed by atoms with Crippen LogP contribution in [0.1, 0.15) is 40.0 Å². The summed E-state index contributed by atoms with van der Waals surface area (Å²) in [5.41, 5.74) is 0. The normalized spacial score (nSPS) is 35.5. The molecule has 0 aromatic heterocycles. The van der Waals surface area contributed by atoms with E-state index < -0.39 is 5.79 Å². The van der Waals surface area contributed by atoms with Crippen LogP contribution in [-0.2, 0) is 0 Å². The average Bonchev–Trinajstić information content (AvgIpc) is 1.82. The zero-order valence-electron chi connectivity index (χ0n) is 8.25. The molecule has 0 bridgehead atoms. The Bertz CT molecular complexity index is 152. The summed E-state index contributed by atoms with van der Waals surface area (Å²) >= 11 is 0. The first-order valence-electron chi connectivity index (χ1n) is 4.88. The fraction of sp³-hybridized carbons (Fsp3) is 1.00. The lowest BCUT2D eigenvalue weighted by Gasteiger charge is -2.40. The molecule has 0 amide bonds. The lowest BCUT2D eigenvalue weighted by atomic mass is 9.73. The van der Waals surface area contributed by atoms with Gasteiger partial charge < -0.3 is 10.2 Å². The summed E-state index contributed by atoms with van der Waals surface area (Å²) in [6.07, 6.45) is 2.62. The molecule has 0 heterocycles. The van der Waals surface area contributed by atoms with Gasteiger partial charge in [-0.3, -0.25) is 0 Å². The van der Waals surface area contributed by atoms with E-state index in [0.717, 1.165) is 12.8 Å². The van der Waals surface area contributed by atoms with Gasteiger partial charge in [0, 0.05) is 12.3 Å². The van der Waals surface area contributed by atoms with E-state index in [1.165, 1.54) is 0 Å². The molecular formula is C10H20O2. The molecule has 0 aliphatic heterocycles. The third-order valence-corrected chi connectivity index (χ3v) is 3.02. The second-order valence-corrected chi connectivity index (χ2v) is 4.62. The summed E-state index contributed by atoms with van der Waals surface area (Å²) in [5, 5.41) is 19.5. The van der Waals surface area contributed by atoms with Gasteiger partial charge in [0.05, 0.1) is 0 Å². The van der Waals surface area contributed by atoms with E-state index in [1.54, 1.807) is 0 Å². The first-order chi connectivity index (χ1) is 5.43. The second-order valence-electron chi connectivity index (χ2n) is 4.62. The maximum absolute atomic E-state index is 9.73. The highest BCUT2D eigenvalue weighted by atomic mass is 16.5. The molecule has 12 heavy (non-hydrogen) atoms. The summed E-state index contributed by atoms with van der Waals surface area (Å²) < 4.78 is 0. The van der Waals surface area contributed by atoms with Crippen LogP contribution < -0.4 is 0 Å². The first kappa shape index (κ1) is 10.0. The molecule has 0 spiro atoms. The van der Waals surface area contributed by atoms with E-state index in [4.69, 9.17) is 0 Å². The zero-order valence-corrected chi connectivity index (χ0v) is 8.25. The van der Waals surface area contributed by atoms with Crippen LogP contribution in [0.2, 0.25) is 0 Å². The third kappa shape index (κ3) is 1.99. The minimum Gasteiger partial charge on any atom is -0.365 e. The molecule has 1 rings (SSSR count). The molecule has 72 valence electrons. The molecule has 0 aromatic rings. The molecule has 0 unspecified atom stereocenters. The van der Waals surface area contributed by atoms with Gasteiger partial charge >= 0.3 is 0 Å². The quantitative estimate of drug-likeness (QED) is 0.592. The Hall–Kier alpha value is -0.0800. The zero-order chi connectivity index (χ0) is 9.35. The van der Waals surface area contributed by atoms with E-state index in [1.807, 2.05) is 0 Å². The SMILES string of the molecule is CC(C)[C@@H]1CC[C@@H](C)CC1(O)O. The number of aliphatic hydroxyl groups is 2. The van der Waals surface area contributed by atoms with E-state index >= 15 is 0 Å². The summed E-state index contributed by atoms with van der Waals surface area (Å²) in [4.78, 5) is 0. The Balaban J connectivity index is 2.64. The molecule has 1 fully saturated rings. The van der Waals surface area contributed by atoms with Gasteiger partial charge in [-0.25, -0.2) is 0 Å². The molecule has 0 radical (unpaired) electrons. The van der Waals surface area contributed by atoms with Crippen LogP contribution in [0.4, 0.5) is 0 Å². The van der Waals surface area contributed by atoms with Crippen molar-refractivity contribution >= 4 is 0 Å². The second kappa shape index (κ2) is 3.35.